The van der Waals surface area contributed by atoms with Crippen molar-refractivity contribution in [2.75, 3.05) is 12.3 Å². The molecule has 0 aliphatic heterocycles. The molecule has 1 N–H and O–H groups in total. The van der Waals surface area contributed by atoms with Gasteiger partial charge in [-0.25, -0.2) is 0 Å². The summed E-state index contributed by atoms with van der Waals surface area (Å²) >= 11 is 1.98. The summed E-state index contributed by atoms with van der Waals surface area (Å²) in [4.78, 5) is 1.40. The number of thioether (sulfide) groups is 1. The average Bonchev–Trinajstić information content (AvgIpc) is 2.46. The van der Waals surface area contributed by atoms with Crippen molar-refractivity contribution in [3.05, 3.63) is 30.3 Å². The molecule has 20 heavy (non-hydrogen) atoms. The van der Waals surface area contributed by atoms with Crippen molar-refractivity contribution < 1.29 is 0 Å². The number of nitrogens with one attached hydrogen (secondary N) is 1. The lowest BCUT2D eigenvalue weighted by Gasteiger charge is -2.54. The van der Waals surface area contributed by atoms with Crippen LogP contribution in [0.1, 0.15) is 32.1 Å². The molecule has 0 atom stereocenters. The minimum Gasteiger partial charge on any atom is -0.313 e. The van der Waals surface area contributed by atoms with Crippen LogP contribution in [0.2, 0.25) is 0 Å². The van der Waals surface area contributed by atoms with Gasteiger partial charge in [0.15, 0.2) is 0 Å². The van der Waals surface area contributed by atoms with Crippen LogP contribution >= 0.6 is 11.8 Å². The van der Waals surface area contributed by atoms with Crippen LogP contribution in [0.25, 0.3) is 0 Å². The van der Waals surface area contributed by atoms with Crippen molar-refractivity contribution in [1.82, 2.24) is 5.32 Å². The summed E-state index contributed by atoms with van der Waals surface area (Å²) in [5.74, 6) is 5.40. The van der Waals surface area contributed by atoms with E-state index in [9.17, 15) is 0 Å². The zero-order valence-corrected chi connectivity index (χ0v) is 12.9. The van der Waals surface area contributed by atoms with E-state index in [0.717, 1.165) is 29.7 Å². The average molecular weight is 287 g/mol. The Labute approximate surface area is 126 Å². The Morgan fingerprint density at radius 3 is 2.20 bits per heavy atom. The van der Waals surface area contributed by atoms with E-state index in [0.29, 0.717) is 0 Å². The smallest absolute Gasteiger partial charge is 0.0124 e. The summed E-state index contributed by atoms with van der Waals surface area (Å²) in [6.45, 7) is 1.17. The molecule has 0 unspecified atom stereocenters. The molecule has 4 aliphatic rings. The van der Waals surface area contributed by atoms with Gasteiger partial charge < -0.3 is 5.32 Å². The van der Waals surface area contributed by atoms with Gasteiger partial charge >= 0.3 is 0 Å². The van der Waals surface area contributed by atoms with Gasteiger partial charge in [0.2, 0.25) is 0 Å². The van der Waals surface area contributed by atoms with E-state index in [1.807, 2.05) is 11.8 Å². The summed E-state index contributed by atoms with van der Waals surface area (Å²) in [5.41, 5.74) is 0. The maximum absolute atomic E-state index is 3.91. The zero-order valence-electron chi connectivity index (χ0n) is 12.1. The van der Waals surface area contributed by atoms with Crippen LogP contribution in [0.5, 0.6) is 0 Å². The van der Waals surface area contributed by atoms with E-state index < -0.39 is 0 Å². The van der Waals surface area contributed by atoms with Crippen molar-refractivity contribution in [2.24, 2.45) is 23.7 Å². The van der Waals surface area contributed by atoms with Crippen LogP contribution in [0.4, 0.5) is 0 Å². The van der Waals surface area contributed by atoms with Gasteiger partial charge in [0.05, 0.1) is 0 Å². The van der Waals surface area contributed by atoms with Crippen molar-refractivity contribution in [1.29, 1.82) is 0 Å². The van der Waals surface area contributed by atoms with Crippen molar-refractivity contribution in [3.63, 3.8) is 0 Å². The van der Waals surface area contributed by atoms with Crippen molar-refractivity contribution in [3.8, 4) is 0 Å². The molecular formula is C18H25NS. The van der Waals surface area contributed by atoms with Crippen molar-refractivity contribution >= 4 is 11.8 Å². The monoisotopic (exact) mass is 287 g/mol. The van der Waals surface area contributed by atoms with E-state index in [4.69, 9.17) is 0 Å². The third kappa shape index (κ3) is 2.65. The van der Waals surface area contributed by atoms with Gasteiger partial charge in [-0.3, -0.25) is 0 Å². The van der Waals surface area contributed by atoms with Gasteiger partial charge in [-0.1, -0.05) is 18.2 Å². The Hall–Kier alpha value is -0.470. The molecule has 4 fully saturated rings. The first-order chi connectivity index (χ1) is 9.88. The Bertz CT molecular complexity index is 416. The third-order valence-corrected chi connectivity index (χ3v) is 6.73. The van der Waals surface area contributed by atoms with E-state index in [2.05, 4.69) is 35.6 Å². The minimum atomic E-state index is 0.846. The fraction of sp³-hybridized carbons (Fsp3) is 0.667. The Balaban J connectivity index is 1.26. The van der Waals surface area contributed by atoms with Gasteiger partial charge in [0.1, 0.15) is 0 Å². The molecule has 5 rings (SSSR count). The quantitative estimate of drug-likeness (QED) is 0.643. The predicted octanol–water partition coefficient (Wildman–Crippen LogP) is 4.19. The first-order valence-electron chi connectivity index (χ1n) is 8.29. The first-order valence-corrected chi connectivity index (χ1v) is 9.28. The summed E-state index contributed by atoms with van der Waals surface area (Å²) in [6.07, 6.45) is 7.66. The van der Waals surface area contributed by atoms with Gasteiger partial charge in [0.25, 0.3) is 0 Å². The highest BCUT2D eigenvalue weighted by molar-refractivity contribution is 7.99. The fourth-order valence-corrected chi connectivity index (χ4v) is 5.97. The molecular weight excluding hydrogens is 262 g/mol. The van der Waals surface area contributed by atoms with E-state index in [1.165, 1.54) is 42.9 Å². The Morgan fingerprint density at radius 2 is 1.55 bits per heavy atom. The van der Waals surface area contributed by atoms with E-state index >= 15 is 0 Å². The summed E-state index contributed by atoms with van der Waals surface area (Å²) < 4.78 is 0. The lowest BCUT2D eigenvalue weighted by molar-refractivity contribution is -0.0128. The molecule has 0 radical (unpaired) electrons. The molecule has 2 heteroatoms. The number of rotatable bonds is 5. The lowest BCUT2D eigenvalue weighted by Crippen LogP contribution is -2.54. The maximum Gasteiger partial charge on any atom is 0.0124 e. The molecule has 0 spiro atoms. The van der Waals surface area contributed by atoms with Crippen LogP contribution < -0.4 is 5.32 Å². The molecule has 0 amide bonds. The maximum atomic E-state index is 3.91. The lowest BCUT2D eigenvalue weighted by atomic mass is 9.54. The highest BCUT2D eigenvalue weighted by Crippen LogP contribution is 2.53. The minimum absolute atomic E-state index is 0.846. The van der Waals surface area contributed by atoms with Crippen molar-refractivity contribution in [2.45, 2.75) is 43.0 Å². The van der Waals surface area contributed by atoms with Crippen LogP contribution in [0.15, 0.2) is 35.2 Å². The Kier molecular flexibility index (Phi) is 3.78. The molecule has 1 aromatic rings. The second-order valence-corrected chi connectivity index (χ2v) is 8.24. The van der Waals surface area contributed by atoms with Gasteiger partial charge in [-0.2, -0.15) is 0 Å². The van der Waals surface area contributed by atoms with Gasteiger partial charge in [-0.05, 0) is 67.9 Å². The molecule has 0 heterocycles. The second kappa shape index (κ2) is 5.73. The first kappa shape index (κ1) is 13.2. The molecule has 4 saturated carbocycles. The van der Waals surface area contributed by atoms with Crippen LogP contribution in [-0.4, -0.2) is 18.3 Å². The number of hydrogen-bond donors (Lipinski definition) is 1. The molecule has 108 valence electrons. The van der Waals surface area contributed by atoms with Crippen LogP contribution in [0, 0.1) is 23.7 Å². The number of hydrogen-bond acceptors (Lipinski definition) is 2. The molecule has 0 aromatic heterocycles. The summed E-state index contributed by atoms with van der Waals surface area (Å²) in [6, 6.07) is 11.6. The summed E-state index contributed by atoms with van der Waals surface area (Å²) in [5, 5.41) is 3.91. The fourth-order valence-electron chi connectivity index (χ4n) is 5.17. The molecule has 1 nitrogen and oxygen atoms in total. The molecule has 0 saturated heterocycles. The standard InChI is InChI=1S/C18H25NS/c1-2-4-17(5-3-1)20-7-6-19-18-15-9-13-8-14(11-15)12-16(18)10-13/h1-5,13-16,18-19H,6-12H2. The predicted molar refractivity (Wildman–Crippen MR) is 86.0 cm³/mol. The highest BCUT2D eigenvalue weighted by Gasteiger charge is 2.47. The highest BCUT2D eigenvalue weighted by atomic mass is 32.2. The third-order valence-electron chi connectivity index (χ3n) is 5.72. The van der Waals surface area contributed by atoms with Gasteiger partial charge in [-0.15, -0.1) is 11.8 Å². The molecule has 4 bridgehead atoms. The SMILES string of the molecule is c1ccc(SCCNC2C3CC4CC(C3)CC2C4)cc1. The Morgan fingerprint density at radius 1 is 0.900 bits per heavy atom. The van der Waals surface area contributed by atoms with Crippen LogP contribution in [0.3, 0.4) is 0 Å². The van der Waals surface area contributed by atoms with E-state index in [-0.39, 0.29) is 0 Å². The topological polar surface area (TPSA) is 12.0 Å². The largest absolute Gasteiger partial charge is 0.313 e. The molecule has 1 aromatic carbocycles. The molecule has 4 aliphatic carbocycles. The second-order valence-electron chi connectivity index (χ2n) is 7.07. The normalized spacial score (nSPS) is 38.3. The summed E-state index contributed by atoms with van der Waals surface area (Å²) in [7, 11) is 0. The number of benzene rings is 1. The van der Waals surface area contributed by atoms with E-state index in [1.54, 1.807) is 6.42 Å². The van der Waals surface area contributed by atoms with Gasteiger partial charge in [0, 0.05) is 23.2 Å². The van der Waals surface area contributed by atoms with Crippen LogP contribution in [-0.2, 0) is 0 Å². The zero-order chi connectivity index (χ0) is 13.4.